The second-order valence-electron chi connectivity index (χ2n) is 4.56. The molecule has 1 atom stereocenters. The van der Waals surface area contributed by atoms with Crippen LogP contribution < -0.4 is 10.2 Å². The molecule has 0 aromatic carbocycles. The lowest BCUT2D eigenvalue weighted by molar-refractivity contribution is 0.148. The molecule has 0 saturated heterocycles. The number of halogens is 1. The van der Waals surface area contributed by atoms with Crippen LogP contribution in [0.15, 0.2) is 6.20 Å². The average molecular weight is 257 g/mol. The van der Waals surface area contributed by atoms with Crippen molar-refractivity contribution in [3.8, 4) is 0 Å². The van der Waals surface area contributed by atoms with Gasteiger partial charge in [-0.2, -0.15) is 4.98 Å². The molecule has 0 fully saturated rings. The van der Waals surface area contributed by atoms with Crippen molar-refractivity contribution in [2.45, 2.75) is 6.10 Å². The molecular formula is C11H20FN5O. The summed E-state index contributed by atoms with van der Waals surface area (Å²) < 4.78 is 13.3. The first-order valence-electron chi connectivity index (χ1n) is 5.66. The number of aromatic nitrogens is 2. The Bertz CT molecular complexity index is 386. The molecule has 0 spiro atoms. The molecule has 1 rings (SSSR count). The van der Waals surface area contributed by atoms with Gasteiger partial charge >= 0.3 is 0 Å². The van der Waals surface area contributed by atoms with Gasteiger partial charge in [0, 0.05) is 27.2 Å². The van der Waals surface area contributed by atoms with Gasteiger partial charge in [0.05, 0.1) is 12.3 Å². The van der Waals surface area contributed by atoms with Crippen LogP contribution in [0.2, 0.25) is 0 Å². The number of nitrogens with one attached hydrogen (secondary N) is 1. The van der Waals surface area contributed by atoms with Crippen molar-refractivity contribution in [1.82, 2.24) is 14.9 Å². The minimum atomic E-state index is -0.531. The third kappa shape index (κ3) is 4.42. The Morgan fingerprint density at radius 3 is 2.61 bits per heavy atom. The standard InChI is InChI=1S/C11H20FN5O/c1-16(2)7-8(18)5-13-11-14-6-9(12)10(15-11)17(3)4/h6,8,18H,5,7H2,1-4H3,(H,13,14,15)/t8-/m0/s1. The molecular weight excluding hydrogens is 237 g/mol. The molecule has 0 bridgehead atoms. The summed E-state index contributed by atoms with van der Waals surface area (Å²) in [6, 6.07) is 0. The molecule has 1 aromatic heterocycles. The van der Waals surface area contributed by atoms with Gasteiger partial charge in [-0.15, -0.1) is 0 Å². The summed E-state index contributed by atoms with van der Waals surface area (Å²) in [6.45, 7) is 0.853. The van der Waals surface area contributed by atoms with E-state index in [4.69, 9.17) is 0 Å². The van der Waals surface area contributed by atoms with E-state index in [2.05, 4.69) is 15.3 Å². The third-order valence-electron chi connectivity index (χ3n) is 2.22. The first-order valence-corrected chi connectivity index (χ1v) is 5.66. The van der Waals surface area contributed by atoms with Gasteiger partial charge in [-0.3, -0.25) is 0 Å². The summed E-state index contributed by atoms with van der Waals surface area (Å²) in [6.07, 6.45) is 0.583. The van der Waals surface area contributed by atoms with Crippen molar-refractivity contribution in [2.75, 3.05) is 51.5 Å². The predicted molar refractivity (Wildman–Crippen MR) is 69.4 cm³/mol. The Hall–Kier alpha value is -1.47. The summed E-state index contributed by atoms with van der Waals surface area (Å²) >= 11 is 0. The number of hydrogen-bond acceptors (Lipinski definition) is 6. The van der Waals surface area contributed by atoms with E-state index < -0.39 is 11.9 Å². The van der Waals surface area contributed by atoms with Gasteiger partial charge < -0.3 is 20.2 Å². The van der Waals surface area contributed by atoms with Crippen LogP contribution in [0.3, 0.4) is 0 Å². The zero-order chi connectivity index (χ0) is 13.7. The fourth-order valence-electron chi connectivity index (χ4n) is 1.45. The summed E-state index contributed by atoms with van der Waals surface area (Å²) in [5, 5.41) is 12.5. The number of aliphatic hydroxyl groups is 1. The van der Waals surface area contributed by atoms with Crippen molar-refractivity contribution >= 4 is 11.8 Å². The van der Waals surface area contributed by atoms with Gasteiger partial charge in [-0.1, -0.05) is 0 Å². The van der Waals surface area contributed by atoms with Gasteiger partial charge in [-0.25, -0.2) is 9.37 Å². The highest BCUT2D eigenvalue weighted by molar-refractivity contribution is 5.42. The van der Waals surface area contributed by atoms with Crippen molar-refractivity contribution in [2.24, 2.45) is 0 Å². The van der Waals surface area contributed by atoms with E-state index in [9.17, 15) is 9.50 Å². The van der Waals surface area contributed by atoms with E-state index in [1.54, 1.807) is 19.0 Å². The minimum Gasteiger partial charge on any atom is -0.390 e. The number of hydrogen-bond donors (Lipinski definition) is 2. The maximum Gasteiger partial charge on any atom is 0.224 e. The maximum atomic E-state index is 13.3. The van der Waals surface area contributed by atoms with Crippen LogP contribution in [0.1, 0.15) is 0 Å². The number of rotatable bonds is 6. The largest absolute Gasteiger partial charge is 0.390 e. The second-order valence-corrected chi connectivity index (χ2v) is 4.56. The molecule has 0 saturated carbocycles. The molecule has 1 aromatic rings. The normalized spacial score (nSPS) is 12.6. The molecule has 0 unspecified atom stereocenters. The van der Waals surface area contributed by atoms with E-state index in [1.165, 1.54) is 0 Å². The lowest BCUT2D eigenvalue weighted by Crippen LogP contribution is -2.31. The zero-order valence-corrected chi connectivity index (χ0v) is 11.2. The molecule has 1 heterocycles. The van der Waals surface area contributed by atoms with Crippen LogP contribution in [0.5, 0.6) is 0 Å². The lowest BCUT2D eigenvalue weighted by atomic mass is 10.3. The number of anilines is 2. The fourth-order valence-corrected chi connectivity index (χ4v) is 1.45. The van der Waals surface area contributed by atoms with E-state index in [0.29, 0.717) is 19.0 Å². The summed E-state index contributed by atoms with van der Waals surface area (Å²) in [4.78, 5) is 11.3. The number of likely N-dealkylation sites (N-methyl/N-ethyl adjacent to an activating group) is 1. The lowest BCUT2D eigenvalue weighted by Gasteiger charge is -2.17. The van der Waals surface area contributed by atoms with Crippen molar-refractivity contribution in [3.63, 3.8) is 0 Å². The fraction of sp³-hybridized carbons (Fsp3) is 0.636. The van der Waals surface area contributed by atoms with E-state index in [1.807, 2.05) is 19.0 Å². The van der Waals surface area contributed by atoms with Crippen molar-refractivity contribution in [3.05, 3.63) is 12.0 Å². The van der Waals surface area contributed by atoms with Gasteiger partial charge in [0.1, 0.15) is 0 Å². The monoisotopic (exact) mass is 257 g/mol. The average Bonchev–Trinajstić information content (AvgIpc) is 2.26. The Balaban J connectivity index is 2.60. The minimum absolute atomic E-state index is 0.217. The highest BCUT2D eigenvalue weighted by Gasteiger charge is 2.10. The van der Waals surface area contributed by atoms with E-state index >= 15 is 0 Å². The van der Waals surface area contributed by atoms with Crippen molar-refractivity contribution < 1.29 is 9.50 Å². The Kier molecular flexibility index (Phi) is 5.24. The highest BCUT2D eigenvalue weighted by Crippen LogP contribution is 2.14. The van der Waals surface area contributed by atoms with Crippen LogP contribution >= 0.6 is 0 Å². The molecule has 6 nitrogen and oxygen atoms in total. The van der Waals surface area contributed by atoms with Crippen LogP contribution in [-0.4, -0.2) is 67.4 Å². The Labute approximate surface area is 106 Å². The molecule has 2 N–H and O–H groups in total. The zero-order valence-electron chi connectivity index (χ0n) is 11.2. The van der Waals surface area contributed by atoms with Crippen LogP contribution in [0.25, 0.3) is 0 Å². The van der Waals surface area contributed by atoms with Crippen LogP contribution in [0.4, 0.5) is 16.2 Å². The summed E-state index contributed by atoms with van der Waals surface area (Å²) in [5.74, 6) is 0.0481. The van der Waals surface area contributed by atoms with Crippen LogP contribution in [0, 0.1) is 5.82 Å². The second kappa shape index (κ2) is 6.46. The molecule has 102 valence electrons. The third-order valence-corrected chi connectivity index (χ3v) is 2.22. The summed E-state index contributed by atoms with van der Waals surface area (Å²) in [5.41, 5.74) is 0. The highest BCUT2D eigenvalue weighted by atomic mass is 19.1. The molecule has 0 radical (unpaired) electrons. The van der Waals surface area contributed by atoms with Crippen molar-refractivity contribution in [1.29, 1.82) is 0 Å². The van der Waals surface area contributed by atoms with Gasteiger partial charge in [0.15, 0.2) is 11.6 Å². The van der Waals surface area contributed by atoms with E-state index in [-0.39, 0.29) is 5.82 Å². The quantitative estimate of drug-likeness (QED) is 0.749. The Morgan fingerprint density at radius 1 is 1.39 bits per heavy atom. The SMILES string of the molecule is CN(C)C[C@@H](O)CNc1ncc(F)c(N(C)C)n1. The number of aliphatic hydroxyl groups excluding tert-OH is 1. The van der Waals surface area contributed by atoms with E-state index in [0.717, 1.165) is 6.20 Å². The Morgan fingerprint density at radius 2 is 2.06 bits per heavy atom. The summed E-state index contributed by atoms with van der Waals surface area (Å²) in [7, 11) is 7.16. The smallest absolute Gasteiger partial charge is 0.224 e. The molecule has 0 amide bonds. The van der Waals surface area contributed by atoms with Gasteiger partial charge in [0.25, 0.3) is 0 Å². The molecule has 18 heavy (non-hydrogen) atoms. The topological polar surface area (TPSA) is 64.5 Å². The van der Waals surface area contributed by atoms with Gasteiger partial charge in [-0.05, 0) is 14.1 Å². The van der Waals surface area contributed by atoms with Crippen LogP contribution in [-0.2, 0) is 0 Å². The first kappa shape index (κ1) is 14.6. The first-order chi connectivity index (χ1) is 8.40. The molecule has 0 aliphatic carbocycles. The maximum absolute atomic E-state index is 13.3. The molecule has 7 heteroatoms. The predicted octanol–water partition coefficient (Wildman–Crippen LogP) is 0.0161. The van der Waals surface area contributed by atoms with Gasteiger partial charge in [0.2, 0.25) is 5.95 Å². The number of nitrogens with zero attached hydrogens (tertiary/aromatic N) is 4. The molecule has 0 aliphatic rings. The molecule has 0 aliphatic heterocycles.